The van der Waals surface area contributed by atoms with E-state index in [1.165, 1.54) is 0 Å². The summed E-state index contributed by atoms with van der Waals surface area (Å²) >= 11 is 5.94. The average Bonchev–Trinajstić information content (AvgIpc) is 2.27. The molecule has 0 aliphatic carbocycles. The maximum absolute atomic E-state index is 10.5. The van der Waals surface area contributed by atoms with Crippen molar-refractivity contribution < 1.29 is 14.6 Å². The number of aliphatic carboxylic acids is 1. The first-order valence-corrected chi connectivity index (χ1v) is 5.24. The van der Waals surface area contributed by atoms with Crippen molar-refractivity contribution in [3.8, 4) is 5.75 Å². The molecule has 0 radical (unpaired) electrons. The highest BCUT2D eigenvalue weighted by molar-refractivity contribution is 6.31. The summed E-state index contributed by atoms with van der Waals surface area (Å²) in [6.45, 7) is 5.34. The number of rotatable bonds is 5. The van der Waals surface area contributed by atoms with E-state index in [1.54, 1.807) is 18.2 Å². The maximum atomic E-state index is 10.5. The number of carboxylic acids is 1. The molecule has 0 heterocycles. The lowest BCUT2D eigenvalue weighted by Gasteiger charge is -2.08. The quantitative estimate of drug-likeness (QED) is 0.805. The smallest absolute Gasteiger partial charge is 0.334 e. The van der Waals surface area contributed by atoms with Crippen molar-refractivity contribution in [1.29, 1.82) is 0 Å². The van der Waals surface area contributed by atoms with E-state index < -0.39 is 5.97 Å². The number of halogens is 1. The number of carboxylic acid groups (broad SMARTS) is 1. The molecule has 0 amide bonds. The number of carbonyl (C=O) groups is 1. The first kappa shape index (κ1) is 12.6. The van der Waals surface area contributed by atoms with Crippen molar-refractivity contribution in [2.24, 2.45) is 0 Å². The van der Waals surface area contributed by atoms with Crippen LogP contribution in [0.15, 0.2) is 30.4 Å². The molecule has 1 N–H and O–H groups in total. The summed E-state index contributed by atoms with van der Waals surface area (Å²) in [5.74, 6) is -0.451. The molecule has 3 nitrogen and oxygen atoms in total. The van der Waals surface area contributed by atoms with Gasteiger partial charge in [-0.1, -0.05) is 25.1 Å². The van der Waals surface area contributed by atoms with Crippen LogP contribution in [0.5, 0.6) is 5.75 Å². The van der Waals surface area contributed by atoms with Gasteiger partial charge < -0.3 is 9.84 Å². The Morgan fingerprint density at radius 1 is 1.56 bits per heavy atom. The van der Waals surface area contributed by atoms with Crippen LogP contribution >= 0.6 is 11.6 Å². The fourth-order valence-electron chi connectivity index (χ4n) is 1.14. The third-order valence-corrected chi connectivity index (χ3v) is 2.48. The van der Waals surface area contributed by atoms with Crippen LogP contribution < -0.4 is 4.74 Å². The highest BCUT2D eigenvalue weighted by Crippen LogP contribution is 2.22. The van der Waals surface area contributed by atoms with E-state index in [1.807, 2.05) is 6.92 Å². The van der Waals surface area contributed by atoms with E-state index in [2.05, 4.69) is 6.58 Å². The molecule has 0 atom stereocenters. The van der Waals surface area contributed by atoms with Crippen molar-refractivity contribution in [3.63, 3.8) is 0 Å². The molecule has 0 unspecified atom stereocenters. The van der Waals surface area contributed by atoms with Crippen molar-refractivity contribution >= 4 is 17.6 Å². The van der Waals surface area contributed by atoms with Crippen LogP contribution in [-0.2, 0) is 11.2 Å². The van der Waals surface area contributed by atoms with Crippen molar-refractivity contribution in [1.82, 2.24) is 0 Å². The molecule has 0 aliphatic heterocycles. The fraction of sp³-hybridized carbons (Fsp3) is 0.250. The second-order valence-electron chi connectivity index (χ2n) is 3.30. The standard InChI is InChI=1S/C12H13ClO3/c1-3-9-6-10(4-5-11(9)13)16-7-8(2)12(14)15/h4-6H,2-3,7H2,1H3,(H,14,15). The minimum Gasteiger partial charge on any atom is -0.489 e. The molecule has 1 aromatic carbocycles. The highest BCUT2D eigenvalue weighted by atomic mass is 35.5. The van der Waals surface area contributed by atoms with Gasteiger partial charge >= 0.3 is 5.97 Å². The molecule has 0 saturated heterocycles. The van der Waals surface area contributed by atoms with Crippen molar-refractivity contribution in [3.05, 3.63) is 40.9 Å². The molecule has 4 heteroatoms. The SMILES string of the molecule is C=C(COc1ccc(Cl)c(CC)c1)C(=O)O. The molecular formula is C12H13ClO3. The molecule has 0 saturated carbocycles. The van der Waals surface area contributed by atoms with Crippen molar-refractivity contribution in [2.75, 3.05) is 6.61 Å². The lowest BCUT2D eigenvalue weighted by Crippen LogP contribution is -2.08. The van der Waals surface area contributed by atoms with Crippen LogP contribution in [0.1, 0.15) is 12.5 Å². The molecule has 0 fully saturated rings. The number of aryl methyl sites for hydroxylation is 1. The molecule has 1 rings (SSSR count). The van der Waals surface area contributed by atoms with Crippen molar-refractivity contribution in [2.45, 2.75) is 13.3 Å². The second kappa shape index (κ2) is 5.56. The summed E-state index contributed by atoms with van der Waals surface area (Å²) in [6.07, 6.45) is 0.801. The summed E-state index contributed by atoms with van der Waals surface area (Å²) < 4.78 is 5.29. The summed E-state index contributed by atoms with van der Waals surface area (Å²) in [5.41, 5.74) is 0.994. The molecular weight excluding hydrogens is 228 g/mol. The molecule has 16 heavy (non-hydrogen) atoms. The third-order valence-electron chi connectivity index (χ3n) is 2.11. The number of hydrogen-bond donors (Lipinski definition) is 1. The number of benzene rings is 1. The number of ether oxygens (including phenoxy) is 1. The van der Waals surface area contributed by atoms with Gasteiger partial charge in [-0.15, -0.1) is 0 Å². The normalized spacial score (nSPS) is 9.88. The summed E-state index contributed by atoms with van der Waals surface area (Å²) in [6, 6.07) is 5.24. The Morgan fingerprint density at radius 2 is 2.25 bits per heavy atom. The monoisotopic (exact) mass is 240 g/mol. The van der Waals surface area contributed by atoms with Gasteiger partial charge in [0, 0.05) is 5.02 Å². The Bertz CT molecular complexity index is 413. The minimum absolute atomic E-state index is 0.0213. The van der Waals surface area contributed by atoms with Gasteiger partial charge in [-0.2, -0.15) is 0 Å². The molecule has 0 bridgehead atoms. The Hall–Kier alpha value is -1.48. The molecule has 1 aromatic rings. The zero-order chi connectivity index (χ0) is 12.1. The van der Waals surface area contributed by atoms with Gasteiger partial charge in [0.1, 0.15) is 12.4 Å². The van der Waals surface area contributed by atoms with Crippen LogP contribution in [-0.4, -0.2) is 17.7 Å². The Kier molecular flexibility index (Phi) is 4.38. The lowest BCUT2D eigenvalue weighted by atomic mass is 10.1. The van der Waals surface area contributed by atoms with Gasteiger partial charge in [0.15, 0.2) is 0 Å². The second-order valence-corrected chi connectivity index (χ2v) is 3.71. The minimum atomic E-state index is -1.05. The third kappa shape index (κ3) is 3.28. The summed E-state index contributed by atoms with van der Waals surface area (Å²) in [4.78, 5) is 10.5. The van der Waals surface area contributed by atoms with E-state index in [9.17, 15) is 4.79 Å². The molecule has 0 spiro atoms. The first-order chi connectivity index (χ1) is 7.54. The first-order valence-electron chi connectivity index (χ1n) is 4.87. The average molecular weight is 241 g/mol. The Labute approximate surface area is 99.3 Å². The van der Waals surface area contributed by atoms with E-state index in [0.717, 1.165) is 12.0 Å². The Morgan fingerprint density at radius 3 is 2.81 bits per heavy atom. The summed E-state index contributed by atoms with van der Waals surface area (Å²) in [7, 11) is 0. The maximum Gasteiger partial charge on any atom is 0.334 e. The molecule has 0 aliphatic rings. The largest absolute Gasteiger partial charge is 0.489 e. The Balaban J connectivity index is 2.68. The van der Waals surface area contributed by atoms with E-state index in [4.69, 9.17) is 21.4 Å². The van der Waals surface area contributed by atoms with Crippen LogP contribution in [0.25, 0.3) is 0 Å². The molecule has 86 valence electrons. The van der Waals surface area contributed by atoms with Gasteiger partial charge in [0.2, 0.25) is 0 Å². The predicted octanol–water partition coefficient (Wildman–Crippen LogP) is 2.92. The van der Waals surface area contributed by atoms with E-state index >= 15 is 0 Å². The zero-order valence-electron chi connectivity index (χ0n) is 9.00. The van der Waals surface area contributed by atoms with Crippen LogP contribution in [0.2, 0.25) is 5.02 Å². The lowest BCUT2D eigenvalue weighted by molar-refractivity contribution is -0.133. The van der Waals surface area contributed by atoms with Gasteiger partial charge in [-0.3, -0.25) is 0 Å². The van der Waals surface area contributed by atoms with Gasteiger partial charge in [-0.05, 0) is 30.2 Å². The van der Waals surface area contributed by atoms with Gasteiger partial charge in [-0.25, -0.2) is 4.79 Å². The van der Waals surface area contributed by atoms with Gasteiger partial charge in [0.05, 0.1) is 5.57 Å². The van der Waals surface area contributed by atoms with Crippen LogP contribution in [0, 0.1) is 0 Å². The molecule has 0 aromatic heterocycles. The predicted molar refractivity (Wildman–Crippen MR) is 63.1 cm³/mol. The summed E-state index contributed by atoms with van der Waals surface area (Å²) in [5, 5.41) is 9.29. The van der Waals surface area contributed by atoms with Crippen LogP contribution in [0.4, 0.5) is 0 Å². The van der Waals surface area contributed by atoms with E-state index in [0.29, 0.717) is 10.8 Å². The van der Waals surface area contributed by atoms with Crippen LogP contribution in [0.3, 0.4) is 0 Å². The van der Waals surface area contributed by atoms with E-state index in [-0.39, 0.29) is 12.2 Å². The topological polar surface area (TPSA) is 46.5 Å². The highest BCUT2D eigenvalue weighted by Gasteiger charge is 2.06. The fourth-order valence-corrected chi connectivity index (χ4v) is 1.40. The zero-order valence-corrected chi connectivity index (χ0v) is 9.75. The van der Waals surface area contributed by atoms with Gasteiger partial charge in [0.25, 0.3) is 0 Å². The number of hydrogen-bond acceptors (Lipinski definition) is 2.